The summed E-state index contributed by atoms with van der Waals surface area (Å²) in [6, 6.07) is 79.4. The Morgan fingerprint density at radius 3 is 1.77 bits per heavy atom. The zero-order valence-corrected chi connectivity index (χ0v) is 30.7. The van der Waals surface area contributed by atoms with E-state index >= 15 is 0 Å². The van der Waals surface area contributed by atoms with E-state index in [0.717, 1.165) is 22.7 Å². The maximum atomic E-state index is 2.44. The smallest absolute Gasteiger partial charge is 0.0562 e. The molecule has 2 heteroatoms. The van der Waals surface area contributed by atoms with E-state index in [0.29, 0.717) is 0 Å². The topological polar surface area (TPSA) is 8.17 Å². The summed E-state index contributed by atoms with van der Waals surface area (Å²) in [7, 11) is 0. The molecule has 0 radical (unpaired) electrons. The summed E-state index contributed by atoms with van der Waals surface area (Å²) < 4.78 is 2.39. The molecule has 10 aromatic carbocycles. The van der Waals surface area contributed by atoms with Gasteiger partial charge < -0.3 is 9.47 Å². The van der Waals surface area contributed by atoms with Gasteiger partial charge >= 0.3 is 0 Å². The highest BCUT2D eigenvalue weighted by atomic mass is 15.1. The lowest BCUT2D eigenvalue weighted by Gasteiger charge is -2.27. The fraction of sp³-hybridized carbons (Fsp3) is 0. The normalized spacial score (nSPS) is 11.6. The molecule has 0 aliphatic carbocycles. The average molecular weight is 713 g/mol. The summed E-state index contributed by atoms with van der Waals surface area (Å²) in [5.74, 6) is 0. The van der Waals surface area contributed by atoms with E-state index in [1.165, 1.54) is 76.4 Å². The van der Waals surface area contributed by atoms with E-state index in [2.05, 4.69) is 228 Å². The summed E-state index contributed by atoms with van der Waals surface area (Å²) >= 11 is 0. The van der Waals surface area contributed by atoms with Gasteiger partial charge in [-0.25, -0.2) is 0 Å². The van der Waals surface area contributed by atoms with Crippen LogP contribution in [0.1, 0.15) is 0 Å². The lowest BCUT2D eigenvalue weighted by atomic mass is 9.90. The minimum absolute atomic E-state index is 1.10. The number of benzene rings is 10. The van der Waals surface area contributed by atoms with Gasteiger partial charge in [-0.2, -0.15) is 0 Å². The van der Waals surface area contributed by atoms with Crippen molar-refractivity contribution in [1.82, 2.24) is 4.57 Å². The van der Waals surface area contributed by atoms with Crippen molar-refractivity contribution in [3.63, 3.8) is 0 Å². The van der Waals surface area contributed by atoms with Gasteiger partial charge in [0.2, 0.25) is 0 Å². The van der Waals surface area contributed by atoms with Crippen LogP contribution in [-0.2, 0) is 0 Å². The van der Waals surface area contributed by atoms with Gasteiger partial charge in [0.05, 0.1) is 16.7 Å². The Labute approximate surface area is 325 Å². The summed E-state index contributed by atoms with van der Waals surface area (Å²) in [6.45, 7) is 0. The molecule has 11 rings (SSSR count). The lowest BCUT2D eigenvalue weighted by molar-refractivity contribution is 1.18. The summed E-state index contributed by atoms with van der Waals surface area (Å²) in [6.07, 6.45) is 0. The van der Waals surface area contributed by atoms with Crippen LogP contribution in [0.3, 0.4) is 0 Å². The Morgan fingerprint density at radius 1 is 0.321 bits per heavy atom. The van der Waals surface area contributed by atoms with E-state index in [-0.39, 0.29) is 0 Å². The van der Waals surface area contributed by atoms with E-state index in [4.69, 9.17) is 0 Å². The SMILES string of the molecule is c1ccc(-c2cccc(N(c3ccc(-c4cc5ccc6ccccc6c5c5ccccc45)cc3)c3cccc4c3c3ccccc3n4-c3ccccc3)c2)cc1. The minimum atomic E-state index is 1.10. The monoisotopic (exact) mass is 712 g/mol. The molecule has 0 saturated carbocycles. The molecule has 2 nitrogen and oxygen atoms in total. The quantitative estimate of drug-likeness (QED) is 0.156. The maximum Gasteiger partial charge on any atom is 0.0562 e. The third-order valence-corrected chi connectivity index (χ3v) is 11.3. The molecule has 11 aromatic rings. The Balaban J connectivity index is 1.13. The van der Waals surface area contributed by atoms with Crippen LogP contribution in [0.25, 0.3) is 82.1 Å². The highest BCUT2D eigenvalue weighted by Gasteiger charge is 2.22. The maximum absolute atomic E-state index is 2.44. The first-order valence-electron chi connectivity index (χ1n) is 19.3. The van der Waals surface area contributed by atoms with Gasteiger partial charge in [-0.15, -0.1) is 0 Å². The Hall–Kier alpha value is -7.42. The predicted molar refractivity (Wildman–Crippen MR) is 239 cm³/mol. The number of hydrogen-bond acceptors (Lipinski definition) is 1. The molecule has 0 fully saturated rings. The molecule has 0 amide bonds. The second-order valence-corrected chi connectivity index (χ2v) is 14.5. The molecule has 0 aliphatic heterocycles. The second kappa shape index (κ2) is 13.2. The average Bonchev–Trinajstić information content (AvgIpc) is 3.62. The third-order valence-electron chi connectivity index (χ3n) is 11.3. The molecule has 0 N–H and O–H groups in total. The molecule has 0 aliphatic rings. The molecule has 0 saturated heterocycles. The first kappa shape index (κ1) is 32.0. The molecule has 0 bridgehead atoms. The molecular formula is C54H36N2. The van der Waals surface area contributed by atoms with E-state index in [9.17, 15) is 0 Å². The predicted octanol–water partition coefficient (Wildman–Crippen LogP) is 15.0. The van der Waals surface area contributed by atoms with E-state index in [1.807, 2.05) is 0 Å². The molecule has 1 aromatic heterocycles. The summed E-state index contributed by atoms with van der Waals surface area (Å²) in [4.78, 5) is 2.44. The van der Waals surface area contributed by atoms with Crippen LogP contribution >= 0.6 is 0 Å². The highest BCUT2D eigenvalue weighted by Crippen LogP contribution is 2.45. The number of hydrogen-bond donors (Lipinski definition) is 0. The van der Waals surface area contributed by atoms with Crippen LogP contribution in [0, 0.1) is 0 Å². The molecule has 0 atom stereocenters. The van der Waals surface area contributed by atoms with Crippen LogP contribution in [0.15, 0.2) is 218 Å². The zero-order chi connectivity index (χ0) is 37.0. The van der Waals surface area contributed by atoms with Crippen molar-refractivity contribution in [3.05, 3.63) is 218 Å². The van der Waals surface area contributed by atoms with Crippen LogP contribution < -0.4 is 4.90 Å². The van der Waals surface area contributed by atoms with Crippen molar-refractivity contribution in [1.29, 1.82) is 0 Å². The van der Waals surface area contributed by atoms with Crippen molar-refractivity contribution in [2.24, 2.45) is 0 Å². The largest absolute Gasteiger partial charge is 0.310 e. The van der Waals surface area contributed by atoms with E-state index < -0.39 is 0 Å². The zero-order valence-electron chi connectivity index (χ0n) is 30.7. The van der Waals surface area contributed by atoms with Crippen molar-refractivity contribution < 1.29 is 0 Å². The van der Waals surface area contributed by atoms with Crippen molar-refractivity contribution in [2.45, 2.75) is 0 Å². The van der Waals surface area contributed by atoms with Gasteiger partial charge in [-0.05, 0) is 115 Å². The number of fused-ring (bicyclic) bond motifs is 8. The van der Waals surface area contributed by atoms with Gasteiger partial charge in [0.25, 0.3) is 0 Å². The first-order chi connectivity index (χ1) is 27.8. The lowest BCUT2D eigenvalue weighted by Crippen LogP contribution is -2.10. The fourth-order valence-electron chi connectivity index (χ4n) is 8.83. The van der Waals surface area contributed by atoms with Crippen LogP contribution in [0.4, 0.5) is 17.1 Å². The number of aromatic nitrogens is 1. The highest BCUT2D eigenvalue weighted by molar-refractivity contribution is 6.23. The summed E-state index contributed by atoms with van der Waals surface area (Å²) in [5.41, 5.74) is 11.6. The second-order valence-electron chi connectivity index (χ2n) is 14.5. The molecule has 56 heavy (non-hydrogen) atoms. The molecule has 0 spiro atoms. The molecule has 262 valence electrons. The van der Waals surface area contributed by atoms with Crippen molar-refractivity contribution >= 4 is 71.2 Å². The standard InChI is InChI=1S/C54H36N2/c1-3-15-37(16-4-1)40-18-13-21-44(35-40)55(51-27-14-28-52-54(51)48-25-11-12-26-50(48)56(52)42-19-5-2-6-20-42)43-33-31-39(32-34-43)49-36-41-30-29-38-17-7-8-22-45(38)53(41)47-24-10-9-23-46(47)49/h1-36H. The summed E-state index contributed by atoms with van der Waals surface area (Å²) in [5, 5.41) is 10.1. The van der Waals surface area contributed by atoms with Gasteiger partial charge in [0.1, 0.15) is 0 Å². The number of para-hydroxylation sites is 2. The van der Waals surface area contributed by atoms with Gasteiger partial charge in [-0.3, -0.25) is 0 Å². The fourth-order valence-corrected chi connectivity index (χ4v) is 8.83. The molecule has 0 unspecified atom stereocenters. The van der Waals surface area contributed by atoms with Crippen LogP contribution in [0.2, 0.25) is 0 Å². The van der Waals surface area contributed by atoms with Gasteiger partial charge in [0.15, 0.2) is 0 Å². The van der Waals surface area contributed by atoms with Gasteiger partial charge in [-0.1, -0.05) is 158 Å². The molecule has 1 heterocycles. The Morgan fingerprint density at radius 2 is 0.946 bits per heavy atom. The Kier molecular flexibility index (Phi) is 7.53. The van der Waals surface area contributed by atoms with E-state index in [1.54, 1.807) is 0 Å². The van der Waals surface area contributed by atoms with Crippen LogP contribution in [-0.4, -0.2) is 4.57 Å². The number of nitrogens with zero attached hydrogens (tertiary/aromatic N) is 2. The van der Waals surface area contributed by atoms with Crippen molar-refractivity contribution in [3.8, 4) is 27.9 Å². The van der Waals surface area contributed by atoms with Crippen molar-refractivity contribution in [2.75, 3.05) is 4.90 Å². The van der Waals surface area contributed by atoms with Gasteiger partial charge in [0, 0.05) is 27.8 Å². The first-order valence-corrected chi connectivity index (χ1v) is 19.3. The number of rotatable bonds is 6. The number of anilines is 3. The third kappa shape index (κ3) is 5.19. The molecular weight excluding hydrogens is 677 g/mol. The minimum Gasteiger partial charge on any atom is -0.310 e. The van der Waals surface area contributed by atoms with Crippen LogP contribution in [0.5, 0.6) is 0 Å². The Bertz CT molecular complexity index is 3230.